The van der Waals surface area contributed by atoms with Crippen molar-refractivity contribution in [1.29, 1.82) is 0 Å². The summed E-state index contributed by atoms with van der Waals surface area (Å²) in [4.78, 5) is 12.7. The molecule has 1 unspecified atom stereocenters. The Morgan fingerprint density at radius 1 is 1.07 bits per heavy atom. The van der Waals surface area contributed by atoms with Crippen LogP contribution in [0.5, 0.6) is 11.5 Å². The molecule has 9 heteroatoms. The number of carbonyl (C=O) groups is 1. The van der Waals surface area contributed by atoms with Gasteiger partial charge in [-0.2, -0.15) is 5.21 Å². The maximum absolute atomic E-state index is 12.7. The Labute approximate surface area is 167 Å². The Morgan fingerprint density at radius 2 is 1.79 bits per heavy atom. The van der Waals surface area contributed by atoms with Crippen LogP contribution in [0.1, 0.15) is 29.0 Å². The van der Waals surface area contributed by atoms with Gasteiger partial charge in [0.2, 0.25) is 0 Å². The van der Waals surface area contributed by atoms with E-state index < -0.39 is 0 Å². The minimum atomic E-state index is -0.368. The number of ether oxygens (including phenoxy) is 2. The van der Waals surface area contributed by atoms with Crippen LogP contribution in [0, 0.1) is 0 Å². The molecule has 3 rings (SSSR count). The fraction of sp³-hybridized carbons (Fsp3) is 0.211. The molecule has 146 valence electrons. The summed E-state index contributed by atoms with van der Waals surface area (Å²) >= 11 is 5.89. The number of H-pyrrole nitrogens is 1. The van der Waals surface area contributed by atoms with Crippen molar-refractivity contribution in [2.75, 3.05) is 19.5 Å². The van der Waals surface area contributed by atoms with Gasteiger partial charge in [0.05, 0.1) is 20.3 Å². The predicted molar refractivity (Wildman–Crippen MR) is 107 cm³/mol. The van der Waals surface area contributed by atoms with Crippen molar-refractivity contribution in [3.05, 3.63) is 58.7 Å². The predicted octanol–water partition coefficient (Wildman–Crippen LogP) is 3.71. The second-order valence-electron chi connectivity index (χ2n) is 5.96. The third kappa shape index (κ3) is 4.34. The number of aromatic nitrogens is 3. The normalized spacial score (nSPS) is 11.6. The van der Waals surface area contributed by atoms with E-state index in [2.05, 4.69) is 26.0 Å². The number of nitrogens with zero attached hydrogens (tertiary/aromatic N) is 2. The number of amides is 1. The van der Waals surface area contributed by atoms with Crippen molar-refractivity contribution in [3.8, 4) is 11.5 Å². The van der Waals surface area contributed by atoms with Gasteiger partial charge in [-0.25, -0.2) is 0 Å². The molecule has 0 fully saturated rings. The Kier molecular flexibility index (Phi) is 6.00. The summed E-state index contributed by atoms with van der Waals surface area (Å²) in [5.74, 6) is 1.16. The van der Waals surface area contributed by atoms with E-state index in [1.54, 1.807) is 44.6 Å². The smallest absolute Gasteiger partial charge is 0.276 e. The topological polar surface area (TPSA) is 101 Å². The van der Waals surface area contributed by atoms with Crippen molar-refractivity contribution in [3.63, 3.8) is 0 Å². The standard InChI is InChI=1S/C19H20ClN5O3/c1-11(12-4-9-15(27-2)16(10-12)28-3)21-19(26)17-18(24-25-23-17)22-14-7-5-13(20)6-8-14/h4-11H,1-3H3,(H,21,26)(H2,22,23,24,25). The van der Waals surface area contributed by atoms with Crippen molar-refractivity contribution >= 4 is 29.0 Å². The fourth-order valence-electron chi connectivity index (χ4n) is 2.62. The number of anilines is 2. The van der Waals surface area contributed by atoms with E-state index in [4.69, 9.17) is 21.1 Å². The molecule has 0 bridgehead atoms. The first-order valence-electron chi connectivity index (χ1n) is 8.48. The molecule has 8 nitrogen and oxygen atoms in total. The van der Waals surface area contributed by atoms with Gasteiger partial charge in [-0.3, -0.25) is 4.79 Å². The fourth-order valence-corrected chi connectivity index (χ4v) is 2.74. The van der Waals surface area contributed by atoms with E-state index in [9.17, 15) is 4.79 Å². The van der Waals surface area contributed by atoms with Crippen LogP contribution in [-0.2, 0) is 0 Å². The summed E-state index contributed by atoms with van der Waals surface area (Å²) in [6, 6.07) is 12.2. The molecule has 0 aliphatic rings. The van der Waals surface area contributed by atoms with E-state index in [1.165, 1.54) is 0 Å². The van der Waals surface area contributed by atoms with Gasteiger partial charge in [-0.05, 0) is 48.9 Å². The molecule has 1 atom stereocenters. The highest BCUT2D eigenvalue weighted by molar-refractivity contribution is 6.30. The van der Waals surface area contributed by atoms with E-state index >= 15 is 0 Å². The molecule has 0 spiro atoms. The molecule has 0 aliphatic carbocycles. The Balaban J connectivity index is 1.73. The average Bonchev–Trinajstić information content (AvgIpc) is 3.17. The number of methoxy groups -OCH3 is 2. The van der Waals surface area contributed by atoms with E-state index in [1.807, 2.05) is 19.1 Å². The number of benzene rings is 2. The number of rotatable bonds is 7. The highest BCUT2D eigenvalue weighted by atomic mass is 35.5. The van der Waals surface area contributed by atoms with E-state index in [0.717, 1.165) is 11.3 Å². The van der Waals surface area contributed by atoms with Gasteiger partial charge in [-0.1, -0.05) is 17.7 Å². The Hall–Kier alpha value is -3.26. The minimum Gasteiger partial charge on any atom is -0.493 e. The van der Waals surface area contributed by atoms with Crippen LogP contribution in [0.2, 0.25) is 5.02 Å². The van der Waals surface area contributed by atoms with Crippen LogP contribution < -0.4 is 20.1 Å². The van der Waals surface area contributed by atoms with Gasteiger partial charge < -0.3 is 20.1 Å². The van der Waals surface area contributed by atoms with Gasteiger partial charge in [0.1, 0.15) is 0 Å². The summed E-state index contributed by atoms with van der Waals surface area (Å²) in [6.45, 7) is 1.87. The Bertz CT molecular complexity index is 958. The SMILES string of the molecule is COc1ccc(C(C)NC(=O)c2n[nH]nc2Nc2ccc(Cl)cc2)cc1OC. The highest BCUT2D eigenvalue weighted by Gasteiger charge is 2.20. The molecular weight excluding hydrogens is 382 g/mol. The zero-order valence-corrected chi connectivity index (χ0v) is 16.4. The number of hydrogen-bond donors (Lipinski definition) is 3. The maximum Gasteiger partial charge on any atom is 0.276 e. The van der Waals surface area contributed by atoms with Gasteiger partial charge in [0, 0.05) is 10.7 Å². The van der Waals surface area contributed by atoms with Crippen LogP contribution >= 0.6 is 11.6 Å². The molecule has 1 aromatic heterocycles. The lowest BCUT2D eigenvalue weighted by Crippen LogP contribution is -2.27. The quantitative estimate of drug-likeness (QED) is 0.558. The highest BCUT2D eigenvalue weighted by Crippen LogP contribution is 2.30. The summed E-state index contributed by atoms with van der Waals surface area (Å²) in [5, 5.41) is 17.0. The second-order valence-corrected chi connectivity index (χ2v) is 6.40. The molecule has 3 aromatic rings. The van der Waals surface area contributed by atoms with Gasteiger partial charge in [-0.15, -0.1) is 10.2 Å². The third-order valence-corrected chi connectivity index (χ3v) is 4.38. The number of halogens is 1. The summed E-state index contributed by atoms with van der Waals surface area (Å²) in [7, 11) is 3.14. The van der Waals surface area contributed by atoms with Crippen molar-refractivity contribution in [2.24, 2.45) is 0 Å². The van der Waals surface area contributed by atoms with Crippen molar-refractivity contribution < 1.29 is 14.3 Å². The van der Waals surface area contributed by atoms with Gasteiger partial charge in [0.25, 0.3) is 5.91 Å². The molecule has 0 saturated carbocycles. The molecule has 0 aliphatic heterocycles. The summed E-state index contributed by atoms with van der Waals surface area (Å²) < 4.78 is 10.6. The van der Waals surface area contributed by atoms with Crippen molar-refractivity contribution in [1.82, 2.24) is 20.7 Å². The first-order valence-corrected chi connectivity index (χ1v) is 8.85. The monoisotopic (exact) mass is 401 g/mol. The number of hydrogen-bond acceptors (Lipinski definition) is 6. The Morgan fingerprint density at radius 3 is 2.46 bits per heavy atom. The molecule has 28 heavy (non-hydrogen) atoms. The van der Waals surface area contributed by atoms with Crippen LogP contribution in [0.15, 0.2) is 42.5 Å². The molecule has 2 aromatic carbocycles. The van der Waals surface area contributed by atoms with Gasteiger partial charge in [0.15, 0.2) is 23.0 Å². The van der Waals surface area contributed by atoms with E-state index in [0.29, 0.717) is 22.3 Å². The minimum absolute atomic E-state index is 0.155. The summed E-state index contributed by atoms with van der Waals surface area (Å²) in [5.41, 5.74) is 1.75. The lowest BCUT2D eigenvalue weighted by atomic mass is 10.1. The first-order chi connectivity index (χ1) is 13.5. The molecular formula is C19H20ClN5O3. The molecule has 1 heterocycles. The average molecular weight is 402 g/mol. The van der Waals surface area contributed by atoms with Crippen molar-refractivity contribution in [2.45, 2.75) is 13.0 Å². The van der Waals surface area contributed by atoms with Gasteiger partial charge >= 0.3 is 0 Å². The second kappa shape index (κ2) is 8.62. The zero-order valence-electron chi connectivity index (χ0n) is 15.6. The number of carbonyl (C=O) groups excluding carboxylic acids is 1. The maximum atomic E-state index is 12.7. The first kappa shape index (κ1) is 19.5. The zero-order chi connectivity index (χ0) is 20.1. The molecule has 3 N–H and O–H groups in total. The molecule has 0 saturated heterocycles. The van der Waals surface area contributed by atoms with Crippen LogP contribution in [-0.4, -0.2) is 35.5 Å². The lowest BCUT2D eigenvalue weighted by Gasteiger charge is -2.16. The number of nitrogens with one attached hydrogen (secondary N) is 3. The lowest BCUT2D eigenvalue weighted by molar-refractivity contribution is 0.0935. The number of aromatic amines is 1. The summed E-state index contributed by atoms with van der Waals surface area (Å²) in [6.07, 6.45) is 0. The van der Waals surface area contributed by atoms with Crippen LogP contribution in [0.3, 0.4) is 0 Å². The van der Waals surface area contributed by atoms with Crippen LogP contribution in [0.25, 0.3) is 0 Å². The van der Waals surface area contributed by atoms with Crippen LogP contribution in [0.4, 0.5) is 11.5 Å². The largest absolute Gasteiger partial charge is 0.493 e. The third-order valence-electron chi connectivity index (χ3n) is 4.13. The molecule has 0 radical (unpaired) electrons. The molecule has 1 amide bonds. The van der Waals surface area contributed by atoms with E-state index in [-0.39, 0.29) is 17.6 Å².